The number of esters is 1. The van der Waals surface area contributed by atoms with Gasteiger partial charge in [-0.05, 0) is 31.4 Å². The topological polar surface area (TPSA) is 76.0 Å². The van der Waals surface area contributed by atoms with Crippen LogP contribution >= 0.6 is 0 Å². The first-order valence-corrected chi connectivity index (χ1v) is 7.35. The molecule has 1 fully saturated rings. The Bertz CT molecular complexity index is 434. The van der Waals surface area contributed by atoms with Gasteiger partial charge in [0.1, 0.15) is 12.2 Å². The van der Waals surface area contributed by atoms with Gasteiger partial charge in [-0.25, -0.2) is 4.79 Å². The maximum Gasteiger partial charge on any atom is 0.338 e. The molecule has 0 unspecified atom stereocenters. The fraction of sp³-hybridized carbons (Fsp3) is 0.562. The number of benzene rings is 1. The number of rotatable bonds is 6. The molecule has 2 N–H and O–H groups in total. The molecule has 0 radical (unpaired) electrons. The van der Waals surface area contributed by atoms with Gasteiger partial charge in [0.2, 0.25) is 0 Å². The Hall–Kier alpha value is -1.43. The maximum atomic E-state index is 12.0. The van der Waals surface area contributed by atoms with E-state index in [4.69, 9.17) is 14.6 Å². The van der Waals surface area contributed by atoms with Crippen LogP contribution in [0.2, 0.25) is 0 Å². The molecule has 5 heteroatoms. The van der Waals surface area contributed by atoms with Crippen molar-refractivity contribution >= 4 is 5.97 Å². The summed E-state index contributed by atoms with van der Waals surface area (Å²) >= 11 is 0. The standard InChI is InChI=1S/C16H22O5/c17-10-13(18)11-20-14-7-4-8-15(9-14)21-16(19)12-5-2-1-3-6-12/h1-3,5-6,13-15,17-18H,4,7-11H2/t13-,14-,15+/m0/s1. The van der Waals surface area contributed by atoms with E-state index in [0.717, 1.165) is 19.3 Å². The van der Waals surface area contributed by atoms with Crippen LogP contribution in [0.15, 0.2) is 30.3 Å². The highest BCUT2D eigenvalue weighted by atomic mass is 16.5. The Morgan fingerprint density at radius 2 is 1.95 bits per heavy atom. The summed E-state index contributed by atoms with van der Waals surface area (Å²) in [5.74, 6) is -0.309. The summed E-state index contributed by atoms with van der Waals surface area (Å²) in [5.41, 5.74) is 0.552. The van der Waals surface area contributed by atoms with Crippen LogP contribution in [0, 0.1) is 0 Å². The highest BCUT2D eigenvalue weighted by Crippen LogP contribution is 2.24. The number of aliphatic hydroxyl groups is 2. The Balaban J connectivity index is 1.80. The molecule has 0 bridgehead atoms. The van der Waals surface area contributed by atoms with Crippen molar-refractivity contribution in [2.24, 2.45) is 0 Å². The van der Waals surface area contributed by atoms with E-state index < -0.39 is 6.10 Å². The van der Waals surface area contributed by atoms with Gasteiger partial charge in [0.05, 0.1) is 24.9 Å². The molecule has 1 aromatic carbocycles. The third-order valence-electron chi connectivity index (χ3n) is 3.60. The minimum atomic E-state index is -0.850. The summed E-state index contributed by atoms with van der Waals surface area (Å²) < 4.78 is 11.1. The molecule has 0 saturated heterocycles. The van der Waals surface area contributed by atoms with Gasteiger partial charge in [-0.1, -0.05) is 18.2 Å². The van der Waals surface area contributed by atoms with Gasteiger partial charge in [0.15, 0.2) is 0 Å². The molecular formula is C16H22O5. The predicted octanol–water partition coefficient (Wildman–Crippen LogP) is 1.52. The number of carbonyl (C=O) groups excluding carboxylic acids is 1. The molecular weight excluding hydrogens is 272 g/mol. The van der Waals surface area contributed by atoms with E-state index in [0.29, 0.717) is 12.0 Å². The summed E-state index contributed by atoms with van der Waals surface area (Å²) in [6, 6.07) is 8.93. The molecule has 2 rings (SSSR count). The Morgan fingerprint density at radius 1 is 1.24 bits per heavy atom. The average molecular weight is 294 g/mol. The van der Waals surface area contributed by atoms with Crippen molar-refractivity contribution in [1.82, 2.24) is 0 Å². The summed E-state index contributed by atoms with van der Waals surface area (Å²) in [7, 11) is 0. The number of ether oxygens (including phenoxy) is 2. The van der Waals surface area contributed by atoms with Crippen LogP contribution in [-0.2, 0) is 9.47 Å². The molecule has 1 aromatic rings. The van der Waals surface area contributed by atoms with Crippen molar-refractivity contribution in [2.45, 2.75) is 44.0 Å². The van der Waals surface area contributed by atoms with Crippen molar-refractivity contribution in [2.75, 3.05) is 13.2 Å². The summed E-state index contributed by atoms with van der Waals surface area (Å²) in [5, 5.41) is 18.1. The third-order valence-corrected chi connectivity index (χ3v) is 3.60. The van der Waals surface area contributed by atoms with E-state index in [9.17, 15) is 9.90 Å². The largest absolute Gasteiger partial charge is 0.459 e. The lowest BCUT2D eigenvalue weighted by Crippen LogP contribution is -2.32. The molecule has 21 heavy (non-hydrogen) atoms. The van der Waals surface area contributed by atoms with E-state index >= 15 is 0 Å². The fourth-order valence-electron chi connectivity index (χ4n) is 2.45. The smallest absolute Gasteiger partial charge is 0.338 e. The van der Waals surface area contributed by atoms with Crippen molar-refractivity contribution in [3.8, 4) is 0 Å². The zero-order chi connectivity index (χ0) is 15.1. The quantitative estimate of drug-likeness (QED) is 0.778. The van der Waals surface area contributed by atoms with Gasteiger partial charge >= 0.3 is 5.97 Å². The van der Waals surface area contributed by atoms with Gasteiger partial charge in [0, 0.05) is 6.42 Å². The van der Waals surface area contributed by atoms with Gasteiger partial charge < -0.3 is 19.7 Å². The number of carbonyl (C=O) groups is 1. The van der Waals surface area contributed by atoms with Crippen LogP contribution in [0.5, 0.6) is 0 Å². The summed E-state index contributed by atoms with van der Waals surface area (Å²) in [6.07, 6.45) is 2.25. The first kappa shape index (κ1) is 15.9. The summed E-state index contributed by atoms with van der Waals surface area (Å²) in [6.45, 7) is -0.195. The second-order valence-electron chi connectivity index (χ2n) is 5.35. The first-order chi connectivity index (χ1) is 10.2. The lowest BCUT2D eigenvalue weighted by atomic mass is 9.94. The SMILES string of the molecule is O=C(O[C@@H]1CCC[C@H](OC[C@@H](O)CO)C1)c1ccccc1. The van der Waals surface area contributed by atoms with Gasteiger partial charge in [0.25, 0.3) is 0 Å². The lowest BCUT2D eigenvalue weighted by Gasteiger charge is -2.29. The molecule has 1 aliphatic rings. The predicted molar refractivity (Wildman–Crippen MR) is 76.9 cm³/mol. The Labute approximate surface area is 124 Å². The van der Waals surface area contributed by atoms with E-state index in [1.54, 1.807) is 24.3 Å². The van der Waals surface area contributed by atoms with E-state index in [2.05, 4.69) is 0 Å². The van der Waals surface area contributed by atoms with E-state index in [-0.39, 0.29) is 31.4 Å². The van der Waals surface area contributed by atoms with Crippen LogP contribution < -0.4 is 0 Å². The molecule has 0 aromatic heterocycles. The minimum Gasteiger partial charge on any atom is -0.459 e. The molecule has 0 amide bonds. The van der Waals surface area contributed by atoms with Gasteiger partial charge in [-0.15, -0.1) is 0 Å². The molecule has 5 nitrogen and oxygen atoms in total. The zero-order valence-electron chi connectivity index (χ0n) is 12.0. The second-order valence-corrected chi connectivity index (χ2v) is 5.35. The number of aliphatic hydroxyl groups excluding tert-OH is 2. The van der Waals surface area contributed by atoms with Crippen LogP contribution in [0.3, 0.4) is 0 Å². The monoisotopic (exact) mass is 294 g/mol. The fourth-order valence-corrected chi connectivity index (χ4v) is 2.45. The zero-order valence-corrected chi connectivity index (χ0v) is 12.0. The van der Waals surface area contributed by atoms with Gasteiger partial charge in [-0.3, -0.25) is 0 Å². The molecule has 0 spiro atoms. The van der Waals surface area contributed by atoms with Gasteiger partial charge in [-0.2, -0.15) is 0 Å². The number of hydrogen-bond acceptors (Lipinski definition) is 5. The van der Waals surface area contributed by atoms with Crippen LogP contribution in [0.4, 0.5) is 0 Å². The average Bonchev–Trinajstić information content (AvgIpc) is 2.53. The Kier molecular flexibility index (Phi) is 6.17. The first-order valence-electron chi connectivity index (χ1n) is 7.35. The van der Waals surface area contributed by atoms with Crippen LogP contribution in [-0.4, -0.2) is 47.7 Å². The van der Waals surface area contributed by atoms with E-state index in [1.165, 1.54) is 0 Å². The molecule has 0 aliphatic heterocycles. The van der Waals surface area contributed by atoms with E-state index in [1.807, 2.05) is 6.07 Å². The highest BCUT2D eigenvalue weighted by molar-refractivity contribution is 5.89. The molecule has 116 valence electrons. The van der Waals surface area contributed by atoms with Crippen molar-refractivity contribution in [3.63, 3.8) is 0 Å². The molecule has 1 saturated carbocycles. The normalized spacial score (nSPS) is 23.5. The maximum absolute atomic E-state index is 12.0. The lowest BCUT2D eigenvalue weighted by molar-refractivity contribution is -0.0631. The van der Waals surface area contributed by atoms with Crippen molar-refractivity contribution < 1.29 is 24.5 Å². The van der Waals surface area contributed by atoms with Crippen LogP contribution in [0.25, 0.3) is 0 Å². The third kappa shape index (κ3) is 5.12. The highest BCUT2D eigenvalue weighted by Gasteiger charge is 2.26. The summed E-state index contributed by atoms with van der Waals surface area (Å²) in [4.78, 5) is 12.0. The van der Waals surface area contributed by atoms with Crippen molar-refractivity contribution in [3.05, 3.63) is 35.9 Å². The number of hydrogen-bond donors (Lipinski definition) is 2. The molecule has 0 heterocycles. The van der Waals surface area contributed by atoms with Crippen LogP contribution in [0.1, 0.15) is 36.0 Å². The van der Waals surface area contributed by atoms with Crippen molar-refractivity contribution in [1.29, 1.82) is 0 Å². The Morgan fingerprint density at radius 3 is 2.67 bits per heavy atom. The second kappa shape index (κ2) is 8.12. The molecule has 3 atom stereocenters. The minimum absolute atomic E-state index is 0.0338. The molecule has 1 aliphatic carbocycles.